The Kier molecular flexibility index (Phi) is 7.29. The zero-order chi connectivity index (χ0) is 27.3. The van der Waals surface area contributed by atoms with Gasteiger partial charge in [0.2, 0.25) is 5.95 Å². The van der Waals surface area contributed by atoms with Crippen LogP contribution in [0.5, 0.6) is 0 Å². The second kappa shape index (κ2) is 10.7. The van der Waals surface area contributed by atoms with Gasteiger partial charge in [0.1, 0.15) is 11.6 Å². The molecule has 3 aliphatic rings. The lowest BCUT2D eigenvalue weighted by Crippen LogP contribution is -2.56. The number of carbonyl (C=O) groups is 1. The van der Waals surface area contributed by atoms with Crippen LogP contribution in [-0.4, -0.2) is 58.2 Å². The Morgan fingerprint density at radius 3 is 2.64 bits per heavy atom. The van der Waals surface area contributed by atoms with Crippen molar-refractivity contribution < 1.29 is 14.3 Å². The molecule has 2 saturated heterocycles. The fourth-order valence-electron chi connectivity index (χ4n) is 6.29. The highest BCUT2D eigenvalue weighted by molar-refractivity contribution is 6.35. The van der Waals surface area contributed by atoms with E-state index in [2.05, 4.69) is 15.1 Å². The second-order valence-electron chi connectivity index (χ2n) is 11.3. The molecule has 3 heterocycles. The van der Waals surface area contributed by atoms with E-state index < -0.39 is 5.97 Å². The van der Waals surface area contributed by atoms with Gasteiger partial charge >= 0.3 is 5.97 Å². The monoisotopic (exact) mass is 571 g/mol. The van der Waals surface area contributed by atoms with Crippen molar-refractivity contribution >= 4 is 51.8 Å². The van der Waals surface area contributed by atoms with Crippen molar-refractivity contribution in [3.63, 3.8) is 0 Å². The van der Waals surface area contributed by atoms with Crippen molar-refractivity contribution in [3.8, 4) is 0 Å². The lowest BCUT2D eigenvalue weighted by atomic mass is 9.76. The Labute approximate surface area is 237 Å². The van der Waals surface area contributed by atoms with E-state index in [1.807, 2.05) is 13.0 Å². The number of piperidine rings is 1. The Morgan fingerprint density at radius 1 is 1.10 bits per heavy atom. The highest BCUT2D eigenvalue weighted by Crippen LogP contribution is 2.39. The average Bonchev–Trinajstić information content (AvgIpc) is 2.82. The fraction of sp³-hybridized carbons (Fsp3) is 0.483. The third-order valence-corrected chi connectivity index (χ3v) is 9.32. The second-order valence-corrected chi connectivity index (χ2v) is 12.1. The molecule has 3 aromatic rings. The van der Waals surface area contributed by atoms with E-state index in [0.717, 1.165) is 51.0 Å². The van der Waals surface area contributed by atoms with Gasteiger partial charge in [0, 0.05) is 41.1 Å². The maximum absolute atomic E-state index is 14.2. The number of halogens is 3. The zero-order valence-corrected chi connectivity index (χ0v) is 23.3. The van der Waals surface area contributed by atoms with Gasteiger partial charge in [0.05, 0.1) is 17.5 Å². The third kappa shape index (κ3) is 5.39. The molecule has 0 radical (unpaired) electrons. The summed E-state index contributed by atoms with van der Waals surface area (Å²) in [7, 11) is 0. The molecule has 1 aromatic heterocycles. The SMILES string of the molecule is C[C@@H](Nc1nc(N2CC(C3CCCN(C4CC(C(=O)O)C4)C3)C2)nc2ccc(F)cc12)c1ccc(Cl)cc1Cl. The maximum atomic E-state index is 14.2. The van der Waals surface area contributed by atoms with Crippen molar-refractivity contribution in [3.05, 3.63) is 57.8 Å². The van der Waals surface area contributed by atoms with E-state index in [1.165, 1.54) is 18.6 Å². The van der Waals surface area contributed by atoms with Gasteiger partial charge in [-0.2, -0.15) is 4.98 Å². The summed E-state index contributed by atoms with van der Waals surface area (Å²) in [6, 6.07) is 10.2. The molecule has 2 aromatic carbocycles. The minimum Gasteiger partial charge on any atom is -0.481 e. The molecular formula is C29H32Cl2FN5O2. The van der Waals surface area contributed by atoms with Crippen LogP contribution in [0.2, 0.25) is 10.0 Å². The van der Waals surface area contributed by atoms with Crippen LogP contribution in [0.25, 0.3) is 10.9 Å². The predicted octanol–water partition coefficient (Wildman–Crippen LogP) is 6.26. The molecule has 0 bridgehead atoms. The van der Waals surface area contributed by atoms with E-state index in [0.29, 0.717) is 50.6 Å². The van der Waals surface area contributed by atoms with E-state index in [9.17, 15) is 14.3 Å². The van der Waals surface area contributed by atoms with Gasteiger partial charge in [-0.3, -0.25) is 4.79 Å². The minimum atomic E-state index is -0.660. The number of hydrogen-bond donors (Lipinski definition) is 2. The minimum absolute atomic E-state index is 0.172. The number of aromatic nitrogens is 2. The number of anilines is 2. The summed E-state index contributed by atoms with van der Waals surface area (Å²) < 4.78 is 14.2. The molecule has 3 fully saturated rings. The van der Waals surface area contributed by atoms with E-state index in [1.54, 1.807) is 18.2 Å². The topological polar surface area (TPSA) is 81.6 Å². The Bertz CT molecular complexity index is 1400. The van der Waals surface area contributed by atoms with Crippen LogP contribution in [-0.2, 0) is 4.79 Å². The number of nitrogens with zero attached hydrogens (tertiary/aromatic N) is 4. The molecule has 1 saturated carbocycles. The average molecular weight is 573 g/mol. The molecule has 1 unspecified atom stereocenters. The van der Waals surface area contributed by atoms with Crippen molar-refractivity contribution in [2.24, 2.45) is 17.8 Å². The molecular weight excluding hydrogens is 540 g/mol. The van der Waals surface area contributed by atoms with E-state index in [4.69, 9.17) is 33.2 Å². The van der Waals surface area contributed by atoms with E-state index >= 15 is 0 Å². The predicted molar refractivity (Wildman–Crippen MR) is 152 cm³/mol. The molecule has 10 heteroatoms. The fourth-order valence-corrected chi connectivity index (χ4v) is 6.87. The Morgan fingerprint density at radius 2 is 1.90 bits per heavy atom. The first-order valence-corrected chi connectivity index (χ1v) is 14.4. The normalized spacial score (nSPS) is 24.7. The molecule has 0 spiro atoms. The molecule has 2 aliphatic heterocycles. The first-order valence-electron chi connectivity index (χ1n) is 13.7. The number of carboxylic acids is 1. The number of carboxylic acid groups (broad SMARTS) is 1. The zero-order valence-electron chi connectivity index (χ0n) is 21.8. The highest BCUT2D eigenvalue weighted by atomic mass is 35.5. The molecule has 2 atom stereocenters. The summed E-state index contributed by atoms with van der Waals surface area (Å²) in [6.07, 6.45) is 3.92. The smallest absolute Gasteiger partial charge is 0.306 e. The summed E-state index contributed by atoms with van der Waals surface area (Å²) in [6.45, 7) is 5.85. The van der Waals surface area contributed by atoms with Crippen LogP contribution in [0, 0.1) is 23.6 Å². The van der Waals surface area contributed by atoms with Crippen LogP contribution in [0.15, 0.2) is 36.4 Å². The highest BCUT2D eigenvalue weighted by Gasteiger charge is 2.42. The van der Waals surface area contributed by atoms with Crippen LogP contribution >= 0.6 is 23.2 Å². The molecule has 1 aliphatic carbocycles. The summed E-state index contributed by atoms with van der Waals surface area (Å²) >= 11 is 12.5. The number of likely N-dealkylation sites (tertiary alicyclic amines) is 1. The molecule has 0 amide bonds. The standard InChI is InChI=1S/C29H32Cl2FN5O2/c1-16(23-6-4-20(30)11-25(23)31)33-27-24-12-21(32)5-7-26(24)34-29(35-27)37-14-19(15-37)17-3-2-8-36(13-17)22-9-18(10-22)28(38)39/h4-7,11-12,16-19,22H,2-3,8-10,13-15H2,1H3,(H,38,39)(H,33,34,35)/t16-,17?,18?,22?/m1/s1. The van der Waals surface area contributed by atoms with Crippen LogP contribution in [0.1, 0.15) is 44.2 Å². The Hall–Kier alpha value is -2.68. The molecule has 7 nitrogen and oxygen atoms in total. The van der Waals surface area contributed by atoms with Crippen molar-refractivity contribution in [2.75, 3.05) is 36.4 Å². The molecule has 206 valence electrons. The van der Waals surface area contributed by atoms with Crippen LogP contribution in [0.4, 0.5) is 16.2 Å². The lowest BCUT2D eigenvalue weighted by molar-refractivity contribution is -0.147. The van der Waals surface area contributed by atoms with Gasteiger partial charge in [-0.05, 0) is 86.9 Å². The maximum Gasteiger partial charge on any atom is 0.306 e. The largest absolute Gasteiger partial charge is 0.481 e. The van der Waals surface area contributed by atoms with Gasteiger partial charge in [0.15, 0.2) is 0 Å². The molecule has 39 heavy (non-hydrogen) atoms. The summed E-state index contributed by atoms with van der Waals surface area (Å²) in [5.74, 6) is 1.18. The summed E-state index contributed by atoms with van der Waals surface area (Å²) in [4.78, 5) is 25.6. The van der Waals surface area contributed by atoms with Crippen molar-refractivity contribution in [1.82, 2.24) is 14.9 Å². The number of fused-ring (bicyclic) bond motifs is 1. The summed E-state index contributed by atoms with van der Waals surface area (Å²) in [5.41, 5.74) is 1.56. The first-order chi connectivity index (χ1) is 18.7. The third-order valence-electron chi connectivity index (χ3n) is 8.76. The first kappa shape index (κ1) is 26.5. The number of hydrogen-bond acceptors (Lipinski definition) is 6. The quantitative estimate of drug-likeness (QED) is 0.346. The van der Waals surface area contributed by atoms with Gasteiger partial charge in [0.25, 0.3) is 0 Å². The molecule has 2 N–H and O–H groups in total. The number of nitrogens with one attached hydrogen (secondary N) is 1. The number of aliphatic carboxylic acids is 1. The van der Waals surface area contributed by atoms with Gasteiger partial charge < -0.3 is 20.2 Å². The number of benzene rings is 2. The van der Waals surface area contributed by atoms with Gasteiger partial charge in [-0.25, -0.2) is 9.37 Å². The van der Waals surface area contributed by atoms with Crippen molar-refractivity contribution in [2.45, 2.75) is 44.7 Å². The molecule has 6 rings (SSSR count). The van der Waals surface area contributed by atoms with Crippen molar-refractivity contribution in [1.29, 1.82) is 0 Å². The summed E-state index contributed by atoms with van der Waals surface area (Å²) in [5, 5.41) is 14.4. The Balaban J connectivity index is 1.16. The van der Waals surface area contributed by atoms with E-state index in [-0.39, 0.29) is 17.8 Å². The van der Waals surface area contributed by atoms with Gasteiger partial charge in [-0.15, -0.1) is 0 Å². The number of rotatable bonds is 7. The lowest BCUT2D eigenvalue weighted by Gasteiger charge is -2.50. The van der Waals surface area contributed by atoms with Crippen LogP contribution < -0.4 is 10.2 Å². The van der Waals surface area contributed by atoms with Gasteiger partial charge in [-0.1, -0.05) is 29.3 Å². The van der Waals surface area contributed by atoms with Crippen LogP contribution in [0.3, 0.4) is 0 Å².